The molecule has 4 amide bonds. The van der Waals surface area contributed by atoms with Gasteiger partial charge in [-0.25, -0.2) is 4.79 Å². The van der Waals surface area contributed by atoms with Crippen LogP contribution >= 0.6 is 11.8 Å². The number of aliphatic carboxylic acids is 2. The van der Waals surface area contributed by atoms with Crippen molar-refractivity contribution in [3.05, 3.63) is 35.9 Å². The first-order valence-electron chi connectivity index (χ1n) is 11.4. The zero-order valence-corrected chi connectivity index (χ0v) is 21.2. The topological polar surface area (TPSA) is 231 Å². The van der Waals surface area contributed by atoms with Crippen LogP contribution in [0, 0.1) is 0 Å². The Hall–Kier alpha value is -3.65. The number of hydrogen-bond acceptors (Lipinski definition) is 8. The molecule has 9 N–H and O–H groups in total. The van der Waals surface area contributed by atoms with Crippen LogP contribution in [0.25, 0.3) is 0 Å². The van der Waals surface area contributed by atoms with E-state index in [9.17, 15) is 33.9 Å². The van der Waals surface area contributed by atoms with Crippen molar-refractivity contribution in [2.75, 3.05) is 12.0 Å². The van der Waals surface area contributed by atoms with Gasteiger partial charge in [-0.05, 0) is 30.4 Å². The number of nitrogens with one attached hydrogen (secondary N) is 3. The summed E-state index contributed by atoms with van der Waals surface area (Å²) in [6.07, 6.45) is 0.805. The number of nitrogens with two attached hydrogens (primary N) is 2. The zero-order chi connectivity index (χ0) is 28.0. The molecular weight excluding hydrogens is 506 g/mol. The van der Waals surface area contributed by atoms with Gasteiger partial charge < -0.3 is 37.6 Å². The minimum atomic E-state index is -1.42. The monoisotopic (exact) mass is 539 g/mol. The summed E-state index contributed by atoms with van der Waals surface area (Å²) in [5.41, 5.74) is 11.3. The van der Waals surface area contributed by atoms with Gasteiger partial charge in [-0.15, -0.1) is 0 Å². The quantitative estimate of drug-likeness (QED) is 0.122. The van der Waals surface area contributed by atoms with Crippen LogP contribution in [0.5, 0.6) is 0 Å². The molecule has 0 saturated heterocycles. The second-order valence-corrected chi connectivity index (χ2v) is 9.19. The van der Waals surface area contributed by atoms with Crippen LogP contribution in [0.4, 0.5) is 0 Å². The van der Waals surface area contributed by atoms with E-state index in [0.29, 0.717) is 11.3 Å². The van der Waals surface area contributed by atoms with Crippen LogP contribution in [0.15, 0.2) is 30.3 Å². The molecule has 0 saturated carbocycles. The van der Waals surface area contributed by atoms with Gasteiger partial charge in [0.1, 0.15) is 18.1 Å². The molecule has 0 aliphatic carbocycles. The summed E-state index contributed by atoms with van der Waals surface area (Å²) < 4.78 is 0. The number of amides is 4. The molecular formula is C23H33N5O8S. The number of carboxylic acids is 2. The van der Waals surface area contributed by atoms with E-state index in [4.69, 9.17) is 16.6 Å². The number of thioether (sulfide) groups is 1. The van der Waals surface area contributed by atoms with Crippen LogP contribution in [-0.4, -0.2) is 82.0 Å². The van der Waals surface area contributed by atoms with E-state index in [1.54, 1.807) is 36.6 Å². The van der Waals surface area contributed by atoms with Crippen molar-refractivity contribution in [2.45, 2.75) is 56.3 Å². The lowest BCUT2D eigenvalue weighted by molar-refractivity contribution is -0.142. The highest BCUT2D eigenvalue weighted by molar-refractivity contribution is 7.98. The van der Waals surface area contributed by atoms with Crippen molar-refractivity contribution in [2.24, 2.45) is 11.5 Å². The number of primary amides is 1. The Labute approximate surface area is 218 Å². The van der Waals surface area contributed by atoms with Gasteiger partial charge >= 0.3 is 11.9 Å². The van der Waals surface area contributed by atoms with Crippen molar-refractivity contribution in [3.8, 4) is 0 Å². The summed E-state index contributed by atoms with van der Waals surface area (Å²) in [7, 11) is 0. The molecule has 1 aromatic carbocycles. The Morgan fingerprint density at radius 3 is 1.97 bits per heavy atom. The Kier molecular flexibility index (Phi) is 13.7. The van der Waals surface area contributed by atoms with Crippen molar-refractivity contribution < 1.29 is 39.0 Å². The molecule has 0 aliphatic heterocycles. The highest BCUT2D eigenvalue weighted by atomic mass is 32.2. The second kappa shape index (κ2) is 16.2. The highest BCUT2D eigenvalue weighted by Crippen LogP contribution is 2.08. The highest BCUT2D eigenvalue weighted by Gasteiger charge is 2.30. The summed E-state index contributed by atoms with van der Waals surface area (Å²) in [4.78, 5) is 72.0. The summed E-state index contributed by atoms with van der Waals surface area (Å²) in [6, 6.07) is 3.48. The summed E-state index contributed by atoms with van der Waals surface area (Å²) in [6.45, 7) is 0. The fourth-order valence-electron chi connectivity index (χ4n) is 3.21. The molecule has 0 bridgehead atoms. The van der Waals surface area contributed by atoms with Crippen LogP contribution in [0.2, 0.25) is 0 Å². The number of rotatable bonds is 17. The lowest BCUT2D eigenvalue weighted by atomic mass is 10.0. The molecule has 13 nitrogen and oxygen atoms in total. The third-order valence-corrected chi connectivity index (χ3v) is 5.83. The number of carboxylic acid groups (broad SMARTS) is 2. The number of carbonyl (C=O) groups excluding carboxylic acids is 4. The fourth-order valence-corrected chi connectivity index (χ4v) is 3.68. The van der Waals surface area contributed by atoms with Gasteiger partial charge in [0.2, 0.25) is 23.6 Å². The summed E-state index contributed by atoms with van der Waals surface area (Å²) in [5.74, 6) is -5.32. The standard InChI is InChI=1S/C23H33N5O8S/c1-37-10-9-15(26-20(32)14(24)12-19(30)31)21(33)28-17(11-13-5-3-2-4-6-13)22(34)27-16(23(35)36)7-8-18(25)29/h2-6,14-17H,7-12,24H2,1H3,(H2,25,29)(H,26,32)(H,27,34)(H,28,33)(H,30,31)(H,35,36). The van der Waals surface area contributed by atoms with Crippen molar-refractivity contribution in [3.63, 3.8) is 0 Å². The maximum absolute atomic E-state index is 13.1. The van der Waals surface area contributed by atoms with Gasteiger partial charge in [-0.1, -0.05) is 30.3 Å². The molecule has 0 spiro atoms. The lowest BCUT2D eigenvalue weighted by Gasteiger charge is -2.25. The number of carbonyl (C=O) groups is 6. The molecule has 14 heteroatoms. The zero-order valence-electron chi connectivity index (χ0n) is 20.3. The predicted molar refractivity (Wildman–Crippen MR) is 135 cm³/mol. The molecule has 0 fully saturated rings. The maximum atomic E-state index is 13.1. The minimum Gasteiger partial charge on any atom is -0.481 e. The van der Waals surface area contributed by atoms with E-state index >= 15 is 0 Å². The van der Waals surface area contributed by atoms with E-state index in [2.05, 4.69) is 16.0 Å². The Bertz CT molecular complexity index is 962. The molecule has 0 radical (unpaired) electrons. The summed E-state index contributed by atoms with van der Waals surface area (Å²) in [5, 5.41) is 25.6. The van der Waals surface area contributed by atoms with Gasteiger partial charge in [-0.3, -0.25) is 24.0 Å². The van der Waals surface area contributed by atoms with Crippen LogP contribution < -0.4 is 27.4 Å². The maximum Gasteiger partial charge on any atom is 0.326 e. The van der Waals surface area contributed by atoms with E-state index in [-0.39, 0.29) is 25.7 Å². The van der Waals surface area contributed by atoms with Gasteiger partial charge in [0.05, 0.1) is 12.5 Å². The third kappa shape index (κ3) is 12.2. The van der Waals surface area contributed by atoms with Crippen LogP contribution in [0.3, 0.4) is 0 Å². The van der Waals surface area contributed by atoms with Gasteiger partial charge in [0.25, 0.3) is 0 Å². The van der Waals surface area contributed by atoms with Gasteiger partial charge in [-0.2, -0.15) is 11.8 Å². The van der Waals surface area contributed by atoms with E-state index in [1.807, 2.05) is 0 Å². The van der Waals surface area contributed by atoms with E-state index < -0.39 is 66.2 Å². The molecule has 0 heterocycles. The first kappa shape index (κ1) is 31.4. The molecule has 0 aromatic heterocycles. The predicted octanol–water partition coefficient (Wildman–Crippen LogP) is -1.41. The Balaban J connectivity index is 3.10. The minimum absolute atomic E-state index is 0.00228. The first-order valence-corrected chi connectivity index (χ1v) is 12.8. The molecule has 4 unspecified atom stereocenters. The Morgan fingerprint density at radius 2 is 1.43 bits per heavy atom. The number of hydrogen-bond donors (Lipinski definition) is 7. The largest absolute Gasteiger partial charge is 0.481 e. The molecule has 1 rings (SSSR count). The average Bonchev–Trinajstić information content (AvgIpc) is 2.83. The fraction of sp³-hybridized carbons (Fsp3) is 0.478. The summed E-state index contributed by atoms with van der Waals surface area (Å²) >= 11 is 1.40. The van der Waals surface area contributed by atoms with Crippen LogP contribution in [0.1, 0.15) is 31.2 Å². The Morgan fingerprint density at radius 1 is 0.865 bits per heavy atom. The second-order valence-electron chi connectivity index (χ2n) is 8.20. The molecule has 1 aromatic rings. The normalized spacial score (nSPS) is 13.9. The van der Waals surface area contributed by atoms with Crippen molar-refractivity contribution >= 4 is 47.3 Å². The SMILES string of the molecule is CSCCC(NC(=O)C(N)CC(=O)O)C(=O)NC(Cc1ccccc1)C(=O)NC(CCC(N)=O)C(=O)O. The molecule has 0 aliphatic rings. The molecule has 37 heavy (non-hydrogen) atoms. The average molecular weight is 540 g/mol. The van der Waals surface area contributed by atoms with E-state index in [0.717, 1.165) is 0 Å². The van der Waals surface area contributed by atoms with Crippen molar-refractivity contribution in [1.29, 1.82) is 0 Å². The number of benzene rings is 1. The van der Waals surface area contributed by atoms with Gasteiger partial charge in [0, 0.05) is 12.8 Å². The van der Waals surface area contributed by atoms with Crippen molar-refractivity contribution in [1.82, 2.24) is 16.0 Å². The van der Waals surface area contributed by atoms with Crippen LogP contribution in [-0.2, 0) is 35.2 Å². The lowest BCUT2D eigenvalue weighted by Crippen LogP contribution is -2.57. The third-order valence-electron chi connectivity index (χ3n) is 5.18. The van der Waals surface area contributed by atoms with Gasteiger partial charge in [0.15, 0.2) is 0 Å². The molecule has 4 atom stereocenters. The smallest absolute Gasteiger partial charge is 0.326 e. The molecule has 204 valence electrons. The first-order chi connectivity index (χ1) is 17.4. The van der Waals surface area contributed by atoms with E-state index in [1.165, 1.54) is 11.8 Å².